The lowest BCUT2D eigenvalue weighted by Gasteiger charge is -2.12. The molecule has 1 aliphatic rings. The van der Waals surface area contributed by atoms with Crippen molar-refractivity contribution in [1.82, 2.24) is 15.0 Å². The summed E-state index contributed by atoms with van der Waals surface area (Å²) in [6.07, 6.45) is 6.26. The summed E-state index contributed by atoms with van der Waals surface area (Å²) in [4.78, 5) is 15.2. The van der Waals surface area contributed by atoms with Crippen LogP contribution in [0, 0.1) is 0 Å². The third kappa shape index (κ3) is 4.53. The van der Waals surface area contributed by atoms with Crippen LogP contribution < -0.4 is 0 Å². The number of aromatic nitrogens is 3. The number of nitrogens with zero attached hydrogens (tertiary/aromatic N) is 3. The molecule has 7 aromatic carbocycles. The van der Waals surface area contributed by atoms with Crippen LogP contribution in [0.2, 0.25) is 0 Å². The molecule has 0 radical (unpaired) electrons. The quantitative estimate of drug-likeness (QED) is 0.175. The first-order chi connectivity index (χ1) is 25.7. The average molecular weight is 668 g/mol. The van der Waals surface area contributed by atoms with Crippen molar-refractivity contribution < 1.29 is 8.83 Å². The number of para-hydroxylation sites is 1. The van der Waals surface area contributed by atoms with Crippen LogP contribution in [0.5, 0.6) is 0 Å². The zero-order valence-corrected chi connectivity index (χ0v) is 28.0. The van der Waals surface area contributed by atoms with Crippen LogP contribution in [0.15, 0.2) is 154 Å². The standard InChI is InChI=1S/C47H29N3O2/c1-2-12-29(13-3-1)45-48-46(50-47(49-45)33-23-24-36-35-17-6-8-19-39(35)51-41(36)27-33)32-15-10-14-30(25-32)38-26-31-22-21-28-11-4-5-16-34(28)42(31)44-43(38)37-18-7-9-20-40(37)52-44/h1-5,7-16,18-27H,6,17H2. The van der Waals surface area contributed by atoms with E-state index in [1.165, 1.54) is 16.3 Å². The first-order valence-corrected chi connectivity index (χ1v) is 17.7. The molecular weight excluding hydrogens is 639 g/mol. The molecule has 0 saturated carbocycles. The van der Waals surface area contributed by atoms with Crippen molar-refractivity contribution in [2.45, 2.75) is 12.8 Å². The second kappa shape index (κ2) is 11.3. The summed E-state index contributed by atoms with van der Waals surface area (Å²) in [6.45, 7) is 0. The lowest BCUT2D eigenvalue weighted by atomic mass is 9.92. The molecule has 0 N–H and O–H groups in total. The maximum atomic E-state index is 6.69. The lowest BCUT2D eigenvalue weighted by Crippen LogP contribution is -2.00. The molecule has 244 valence electrons. The average Bonchev–Trinajstić information content (AvgIpc) is 3.79. The van der Waals surface area contributed by atoms with Gasteiger partial charge in [0.25, 0.3) is 0 Å². The van der Waals surface area contributed by atoms with Gasteiger partial charge in [0, 0.05) is 43.8 Å². The summed E-state index contributed by atoms with van der Waals surface area (Å²) in [5.74, 6) is 2.76. The Morgan fingerprint density at radius 3 is 2.06 bits per heavy atom. The Hall–Kier alpha value is -6.85. The predicted octanol–water partition coefficient (Wildman–Crippen LogP) is 12.5. The smallest absolute Gasteiger partial charge is 0.164 e. The highest BCUT2D eigenvalue weighted by atomic mass is 16.3. The van der Waals surface area contributed by atoms with Gasteiger partial charge in [0.2, 0.25) is 0 Å². The maximum Gasteiger partial charge on any atom is 0.164 e. The van der Waals surface area contributed by atoms with E-state index in [1.54, 1.807) is 0 Å². The molecule has 0 atom stereocenters. The van der Waals surface area contributed by atoms with E-state index < -0.39 is 0 Å². The number of rotatable bonds is 4. The van der Waals surface area contributed by atoms with Gasteiger partial charge in [-0.3, -0.25) is 0 Å². The summed E-state index contributed by atoms with van der Waals surface area (Å²) in [7, 11) is 0. The van der Waals surface area contributed by atoms with Crippen molar-refractivity contribution in [1.29, 1.82) is 0 Å². The van der Waals surface area contributed by atoms with E-state index in [9.17, 15) is 0 Å². The molecular formula is C47H29N3O2. The Morgan fingerprint density at radius 2 is 1.17 bits per heavy atom. The van der Waals surface area contributed by atoms with Gasteiger partial charge in [0.1, 0.15) is 22.5 Å². The minimum Gasteiger partial charge on any atom is -0.456 e. The first-order valence-electron chi connectivity index (χ1n) is 17.7. The fraction of sp³-hybridized carbons (Fsp3) is 0.0426. The van der Waals surface area contributed by atoms with Gasteiger partial charge in [0.05, 0.1) is 0 Å². The van der Waals surface area contributed by atoms with Gasteiger partial charge in [-0.15, -0.1) is 0 Å². The Morgan fingerprint density at radius 1 is 0.462 bits per heavy atom. The Kier molecular flexibility index (Phi) is 6.31. The minimum absolute atomic E-state index is 0.599. The second-order valence-electron chi connectivity index (χ2n) is 13.5. The van der Waals surface area contributed by atoms with E-state index in [0.717, 1.165) is 90.1 Å². The zero-order chi connectivity index (χ0) is 34.2. The number of furan rings is 2. The van der Waals surface area contributed by atoms with Crippen molar-refractivity contribution in [2.24, 2.45) is 0 Å². The molecule has 52 heavy (non-hydrogen) atoms. The summed E-state index contributed by atoms with van der Waals surface area (Å²) in [6, 6.07) is 48.4. The molecule has 5 heteroatoms. The zero-order valence-electron chi connectivity index (χ0n) is 28.0. The third-order valence-electron chi connectivity index (χ3n) is 10.4. The second-order valence-corrected chi connectivity index (χ2v) is 13.5. The van der Waals surface area contributed by atoms with Crippen LogP contribution in [0.4, 0.5) is 0 Å². The third-order valence-corrected chi connectivity index (χ3v) is 10.4. The summed E-state index contributed by atoms with van der Waals surface area (Å²) >= 11 is 0. The van der Waals surface area contributed by atoms with Crippen LogP contribution >= 0.6 is 0 Å². The highest BCUT2D eigenvalue weighted by Crippen LogP contribution is 2.44. The van der Waals surface area contributed by atoms with E-state index in [0.29, 0.717) is 17.5 Å². The Labute approximate surface area is 298 Å². The number of benzene rings is 7. The molecule has 3 aromatic heterocycles. The van der Waals surface area contributed by atoms with Crippen LogP contribution in [0.3, 0.4) is 0 Å². The molecule has 5 nitrogen and oxygen atoms in total. The number of fused-ring (bicyclic) bond motifs is 10. The monoisotopic (exact) mass is 667 g/mol. The number of allylic oxidation sites excluding steroid dienone is 1. The maximum absolute atomic E-state index is 6.69. The Bertz CT molecular complexity index is 3080. The van der Waals surface area contributed by atoms with Gasteiger partial charge in [-0.2, -0.15) is 0 Å². The molecule has 0 unspecified atom stereocenters. The van der Waals surface area contributed by atoms with Gasteiger partial charge in [0.15, 0.2) is 17.5 Å². The topological polar surface area (TPSA) is 65.0 Å². The Balaban J connectivity index is 1.11. The SMILES string of the molecule is C1=Cc2oc3cc(-c4nc(-c5ccccc5)nc(-c5cccc(-c6cc7ccc8ccccc8c7c7oc8ccccc8c67)c5)n4)ccc3c2CC1. The van der Waals surface area contributed by atoms with Crippen molar-refractivity contribution in [2.75, 3.05) is 0 Å². The van der Waals surface area contributed by atoms with Gasteiger partial charge in [-0.25, -0.2) is 15.0 Å². The van der Waals surface area contributed by atoms with Gasteiger partial charge in [-0.05, 0) is 70.5 Å². The first kappa shape index (κ1) is 28.9. The molecule has 0 spiro atoms. The summed E-state index contributed by atoms with van der Waals surface area (Å²) < 4.78 is 13.0. The van der Waals surface area contributed by atoms with E-state index in [-0.39, 0.29) is 0 Å². The molecule has 11 rings (SSSR count). The molecule has 0 fully saturated rings. The molecule has 0 bridgehead atoms. The van der Waals surface area contributed by atoms with Crippen LogP contribution in [0.25, 0.3) is 106 Å². The van der Waals surface area contributed by atoms with Crippen LogP contribution in [-0.2, 0) is 6.42 Å². The fourth-order valence-corrected chi connectivity index (χ4v) is 7.90. The molecule has 0 saturated heterocycles. The van der Waals surface area contributed by atoms with E-state index in [4.69, 9.17) is 23.8 Å². The number of hydrogen-bond acceptors (Lipinski definition) is 5. The molecule has 3 heterocycles. The molecule has 1 aliphatic carbocycles. The number of aryl methyl sites for hydroxylation is 1. The normalized spacial score (nSPS) is 12.8. The van der Waals surface area contributed by atoms with Crippen LogP contribution in [-0.4, -0.2) is 15.0 Å². The van der Waals surface area contributed by atoms with Crippen LogP contribution in [0.1, 0.15) is 17.7 Å². The van der Waals surface area contributed by atoms with Gasteiger partial charge in [-0.1, -0.05) is 121 Å². The van der Waals surface area contributed by atoms with Crippen molar-refractivity contribution in [3.05, 3.63) is 157 Å². The molecule has 0 amide bonds. The fourth-order valence-electron chi connectivity index (χ4n) is 7.90. The highest BCUT2D eigenvalue weighted by molar-refractivity contribution is 6.27. The number of hydrogen-bond donors (Lipinski definition) is 0. The highest BCUT2D eigenvalue weighted by Gasteiger charge is 2.20. The lowest BCUT2D eigenvalue weighted by molar-refractivity contribution is 0.595. The van der Waals surface area contributed by atoms with Crippen molar-refractivity contribution in [3.63, 3.8) is 0 Å². The molecule has 0 aliphatic heterocycles. The van der Waals surface area contributed by atoms with E-state index in [1.807, 2.05) is 36.4 Å². The van der Waals surface area contributed by atoms with E-state index in [2.05, 4.69) is 115 Å². The van der Waals surface area contributed by atoms with Gasteiger partial charge < -0.3 is 8.83 Å². The predicted molar refractivity (Wildman–Crippen MR) is 211 cm³/mol. The van der Waals surface area contributed by atoms with Crippen molar-refractivity contribution in [3.8, 4) is 45.3 Å². The summed E-state index contributed by atoms with van der Waals surface area (Å²) in [5.41, 5.74) is 8.75. The van der Waals surface area contributed by atoms with Crippen molar-refractivity contribution >= 4 is 60.5 Å². The molecule has 10 aromatic rings. The summed E-state index contributed by atoms with van der Waals surface area (Å²) in [5, 5.41) is 7.96. The van der Waals surface area contributed by atoms with Gasteiger partial charge >= 0.3 is 0 Å². The minimum atomic E-state index is 0.599. The largest absolute Gasteiger partial charge is 0.456 e. The van der Waals surface area contributed by atoms with E-state index >= 15 is 0 Å².